The summed E-state index contributed by atoms with van der Waals surface area (Å²) in [6.07, 6.45) is 3.86. The molecule has 0 unspecified atom stereocenters. The van der Waals surface area contributed by atoms with Crippen LogP contribution in [0.3, 0.4) is 0 Å². The van der Waals surface area contributed by atoms with Gasteiger partial charge in [-0.3, -0.25) is 0 Å². The molecular formula is C15H24N4. The predicted molar refractivity (Wildman–Crippen MR) is 80.2 cm³/mol. The number of rotatable bonds is 6. The number of hydrogen-bond donors (Lipinski definition) is 2. The van der Waals surface area contributed by atoms with Gasteiger partial charge in [-0.1, -0.05) is 6.07 Å². The van der Waals surface area contributed by atoms with Crippen molar-refractivity contribution in [2.75, 3.05) is 13.1 Å². The van der Waals surface area contributed by atoms with Crippen LogP contribution in [0, 0.1) is 0 Å². The van der Waals surface area contributed by atoms with E-state index in [0.29, 0.717) is 0 Å². The molecule has 0 fully saturated rings. The van der Waals surface area contributed by atoms with Crippen molar-refractivity contribution in [3.63, 3.8) is 0 Å². The molecule has 4 heteroatoms. The zero-order valence-corrected chi connectivity index (χ0v) is 12.1. The second-order valence-corrected chi connectivity index (χ2v) is 5.78. The van der Waals surface area contributed by atoms with Crippen molar-refractivity contribution in [1.82, 2.24) is 14.9 Å². The summed E-state index contributed by atoms with van der Waals surface area (Å²) in [5, 5.41) is 3.56. The lowest BCUT2D eigenvalue weighted by molar-refractivity contribution is 0.370. The van der Waals surface area contributed by atoms with E-state index in [-0.39, 0.29) is 5.54 Å². The first-order valence-electron chi connectivity index (χ1n) is 6.87. The minimum atomic E-state index is 0.115. The summed E-state index contributed by atoms with van der Waals surface area (Å²) in [5.41, 5.74) is 9.30. The molecule has 4 nitrogen and oxygen atoms in total. The maximum absolute atomic E-state index is 5.61. The first kappa shape index (κ1) is 14.0. The molecule has 0 saturated heterocycles. The van der Waals surface area contributed by atoms with Crippen LogP contribution in [0.2, 0.25) is 0 Å². The highest BCUT2D eigenvalue weighted by Gasteiger charge is 2.14. The van der Waals surface area contributed by atoms with Gasteiger partial charge in [0.2, 0.25) is 0 Å². The first-order chi connectivity index (χ1) is 9.02. The second kappa shape index (κ2) is 5.72. The Morgan fingerprint density at radius 2 is 2.16 bits per heavy atom. The van der Waals surface area contributed by atoms with Crippen LogP contribution in [0.25, 0.3) is 11.0 Å². The van der Waals surface area contributed by atoms with E-state index in [1.54, 1.807) is 0 Å². The van der Waals surface area contributed by atoms with Gasteiger partial charge in [-0.15, -0.1) is 0 Å². The minimum Gasteiger partial charge on any atom is -0.334 e. The van der Waals surface area contributed by atoms with Crippen molar-refractivity contribution >= 4 is 11.0 Å². The average molecular weight is 260 g/mol. The summed E-state index contributed by atoms with van der Waals surface area (Å²) < 4.78 is 2.04. The van der Waals surface area contributed by atoms with E-state index in [9.17, 15) is 0 Å². The van der Waals surface area contributed by atoms with Crippen LogP contribution in [0.5, 0.6) is 0 Å². The van der Waals surface area contributed by atoms with Gasteiger partial charge in [0.15, 0.2) is 0 Å². The summed E-state index contributed by atoms with van der Waals surface area (Å²) in [6, 6.07) is 6.50. The number of aromatic nitrogens is 2. The van der Waals surface area contributed by atoms with Crippen molar-refractivity contribution in [2.24, 2.45) is 12.8 Å². The highest BCUT2D eigenvalue weighted by Crippen LogP contribution is 2.14. The van der Waals surface area contributed by atoms with Gasteiger partial charge in [0, 0.05) is 12.6 Å². The fourth-order valence-corrected chi connectivity index (χ4v) is 2.33. The molecule has 1 aromatic carbocycles. The van der Waals surface area contributed by atoms with E-state index >= 15 is 0 Å². The maximum Gasteiger partial charge on any atom is 0.0955 e. The van der Waals surface area contributed by atoms with E-state index < -0.39 is 0 Å². The third-order valence-electron chi connectivity index (χ3n) is 3.58. The number of nitrogens with two attached hydrogens (primary N) is 1. The molecule has 19 heavy (non-hydrogen) atoms. The third-order valence-corrected chi connectivity index (χ3v) is 3.58. The SMILES string of the molecule is Cn1cnc2cc(CCNC(C)(C)CCN)ccc21. The lowest BCUT2D eigenvalue weighted by Gasteiger charge is -2.25. The Morgan fingerprint density at radius 1 is 1.37 bits per heavy atom. The predicted octanol–water partition coefficient (Wildman–Crippen LogP) is 1.83. The Balaban J connectivity index is 1.95. The standard InChI is InChI=1S/C15H24N4/c1-15(2,7-8-16)18-9-6-12-4-5-14-13(10-12)17-11-19(14)3/h4-5,10-11,18H,6-9,16H2,1-3H3. The normalized spacial score (nSPS) is 12.2. The molecule has 0 aliphatic rings. The monoisotopic (exact) mass is 260 g/mol. The van der Waals surface area contributed by atoms with E-state index in [1.807, 2.05) is 17.9 Å². The molecule has 104 valence electrons. The Labute approximate surface area is 115 Å². The van der Waals surface area contributed by atoms with Crippen LogP contribution in [0.15, 0.2) is 24.5 Å². The molecule has 1 aromatic heterocycles. The number of fused-ring (bicyclic) bond motifs is 1. The Kier molecular flexibility index (Phi) is 4.22. The maximum atomic E-state index is 5.61. The van der Waals surface area contributed by atoms with E-state index in [0.717, 1.165) is 31.4 Å². The molecule has 0 radical (unpaired) electrons. The van der Waals surface area contributed by atoms with E-state index in [4.69, 9.17) is 5.73 Å². The molecule has 3 N–H and O–H groups in total. The van der Waals surface area contributed by atoms with Crippen LogP contribution in [-0.4, -0.2) is 28.2 Å². The largest absolute Gasteiger partial charge is 0.334 e. The quantitative estimate of drug-likeness (QED) is 0.833. The van der Waals surface area contributed by atoms with Gasteiger partial charge in [-0.05, 0) is 57.5 Å². The topological polar surface area (TPSA) is 55.9 Å². The average Bonchev–Trinajstić information content (AvgIpc) is 2.70. The first-order valence-corrected chi connectivity index (χ1v) is 6.87. The Morgan fingerprint density at radius 3 is 2.89 bits per heavy atom. The van der Waals surface area contributed by atoms with Gasteiger partial charge in [-0.2, -0.15) is 0 Å². The highest BCUT2D eigenvalue weighted by molar-refractivity contribution is 5.75. The fraction of sp³-hybridized carbons (Fsp3) is 0.533. The molecule has 0 atom stereocenters. The van der Waals surface area contributed by atoms with Crippen LogP contribution in [0.4, 0.5) is 0 Å². The lowest BCUT2D eigenvalue weighted by Crippen LogP contribution is -2.41. The summed E-state index contributed by atoms with van der Waals surface area (Å²) >= 11 is 0. The van der Waals surface area contributed by atoms with Gasteiger partial charge < -0.3 is 15.6 Å². The van der Waals surface area contributed by atoms with Gasteiger partial charge >= 0.3 is 0 Å². The number of nitrogens with zero attached hydrogens (tertiary/aromatic N) is 2. The summed E-state index contributed by atoms with van der Waals surface area (Å²) in [5.74, 6) is 0. The smallest absolute Gasteiger partial charge is 0.0955 e. The summed E-state index contributed by atoms with van der Waals surface area (Å²) in [4.78, 5) is 4.39. The molecule has 0 amide bonds. The number of benzene rings is 1. The van der Waals surface area contributed by atoms with Crippen molar-refractivity contribution < 1.29 is 0 Å². The van der Waals surface area contributed by atoms with Crippen LogP contribution < -0.4 is 11.1 Å². The van der Waals surface area contributed by atoms with Crippen molar-refractivity contribution in [3.05, 3.63) is 30.1 Å². The molecule has 0 spiro atoms. The second-order valence-electron chi connectivity index (χ2n) is 5.78. The van der Waals surface area contributed by atoms with Crippen LogP contribution in [-0.2, 0) is 13.5 Å². The van der Waals surface area contributed by atoms with Gasteiger partial charge in [-0.25, -0.2) is 4.98 Å². The minimum absolute atomic E-state index is 0.115. The van der Waals surface area contributed by atoms with Crippen LogP contribution >= 0.6 is 0 Å². The Hall–Kier alpha value is -1.39. The Bertz CT molecular complexity index is 542. The van der Waals surface area contributed by atoms with Crippen molar-refractivity contribution in [1.29, 1.82) is 0 Å². The molecule has 0 saturated carbocycles. The number of hydrogen-bond acceptors (Lipinski definition) is 3. The van der Waals surface area contributed by atoms with Gasteiger partial charge in [0.1, 0.15) is 0 Å². The third kappa shape index (κ3) is 3.55. The molecular weight excluding hydrogens is 236 g/mol. The number of aryl methyl sites for hydroxylation is 1. The highest BCUT2D eigenvalue weighted by atomic mass is 15.0. The van der Waals surface area contributed by atoms with Crippen molar-refractivity contribution in [2.45, 2.75) is 32.2 Å². The number of nitrogens with one attached hydrogen (secondary N) is 1. The molecule has 2 rings (SSSR count). The molecule has 0 bridgehead atoms. The van der Waals surface area contributed by atoms with Crippen LogP contribution in [0.1, 0.15) is 25.8 Å². The fourth-order valence-electron chi connectivity index (χ4n) is 2.33. The van der Waals surface area contributed by atoms with E-state index in [2.05, 4.69) is 42.3 Å². The zero-order chi connectivity index (χ0) is 13.9. The zero-order valence-electron chi connectivity index (χ0n) is 12.1. The molecule has 0 aliphatic heterocycles. The lowest BCUT2D eigenvalue weighted by atomic mass is 10.0. The van der Waals surface area contributed by atoms with Gasteiger partial charge in [0.25, 0.3) is 0 Å². The molecule has 0 aliphatic carbocycles. The van der Waals surface area contributed by atoms with Gasteiger partial charge in [0.05, 0.1) is 17.4 Å². The summed E-state index contributed by atoms with van der Waals surface area (Å²) in [7, 11) is 2.02. The van der Waals surface area contributed by atoms with E-state index in [1.165, 1.54) is 11.1 Å². The molecule has 2 aromatic rings. The number of imidazole rings is 1. The molecule has 1 heterocycles. The van der Waals surface area contributed by atoms with Crippen molar-refractivity contribution in [3.8, 4) is 0 Å². The summed E-state index contributed by atoms with van der Waals surface area (Å²) in [6.45, 7) is 6.08.